The van der Waals surface area contributed by atoms with Crippen LogP contribution in [-0.4, -0.2) is 47.1 Å². The Labute approximate surface area is 186 Å². The lowest BCUT2D eigenvalue weighted by atomic mass is 10.1. The summed E-state index contributed by atoms with van der Waals surface area (Å²) in [6.45, 7) is 1.59. The molecule has 1 fully saturated rings. The molecule has 0 saturated carbocycles. The highest BCUT2D eigenvalue weighted by Gasteiger charge is 2.29. The van der Waals surface area contributed by atoms with E-state index in [9.17, 15) is 22.8 Å². The van der Waals surface area contributed by atoms with Crippen LogP contribution in [0.3, 0.4) is 0 Å². The molecule has 0 amide bonds. The monoisotopic (exact) mass is 482 g/mol. The molecule has 6 nitrogen and oxygen atoms in total. The van der Waals surface area contributed by atoms with Gasteiger partial charge in [-0.05, 0) is 24.6 Å². The number of anilines is 1. The number of nitrogens with zero attached hydrogens (tertiary/aromatic N) is 3. The first-order chi connectivity index (χ1) is 15.7. The molecule has 172 valence electrons. The number of aromatic nitrogens is 2. The third-order valence-electron chi connectivity index (χ3n) is 5.77. The van der Waals surface area contributed by atoms with Crippen LogP contribution in [0.5, 0.6) is 0 Å². The number of benzene rings is 2. The minimum Gasteiger partial charge on any atom is -0.364 e. The minimum atomic E-state index is -1.38. The average molecular weight is 482 g/mol. The van der Waals surface area contributed by atoms with Crippen molar-refractivity contribution in [3.05, 3.63) is 67.9 Å². The molecule has 0 spiro atoms. The molecule has 1 saturated heterocycles. The van der Waals surface area contributed by atoms with Gasteiger partial charge in [-0.3, -0.25) is 18.5 Å². The van der Waals surface area contributed by atoms with Crippen molar-refractivity contribution in [1.82, 2.24) is 13.8 Å². The van der Waals surface area contributed by atoms with E-state index >= 15 is 8.78 Å². The van der Waals surface area contributed by atoms with E-state index in [1.165, 1.54) is 4.90 Å². The smallest absolute Gasteiger partial charge is 0.271 e. The zero-order valence-corrected chi connectivity index (χ0v) is 17.8. The van der Waals surface area contributed by atoms with Gasteiger partial charge < -0.3 is 9.80 Å². The van der Waals surface area contributed by atoms with E-state index in [1.807, 2.05) is 11.9 Å². The zero-order chi connectivity index (χ0) is 23.6. The van der Waals surface area contributed by atoms with Gasteiger partial charge in [-0.25, -0.2) is 22.0 Å². The topological polar surface area (TPSA) is 61.3 Å². The first kappa shape index (κ1) is 21.6. The molecule has 1 aliphatic rings. The Morgan fingerprint density at radius 1 is 0.879 bits per heavy atom. The fourth-order valence-corrected chi connectivity index (χ4v) is 5.01. The van der Waals surface area contributed by atoms with Gasteiger partial charge in [0.25, 0.3) is 5.56 Å². The molecule has 3 heterocycles. The summed E-state index contributed by atoms with van der Waals surface area (Å²) in [4.78, 5) is 28.4. The van der Waals surface area contributed by atoms with E-state index in [2.05, 4.69) is 4.37 Å². The fourth-order valence-electron chi connectivity index (χ4n) is 4.16. The lowest BCUT2D eigenvalue weighted by Gasteiger charge is -2.34. The van der Waals surface area contributed by atoms with Crippen molar-refractivity contribution in [3.8, 4) is 5.69 Å². The van der Waals surface area contributed by atoms with E-state index in [-0.39, 0.29) is 17.9 Å². The zero-order valence-electron chi connectivity index (χ0n) is 17.0. The number of pyridine rings is 1. The van der Waals surface area contributed by atoms with Crippen LogP contribution < -0.4 is 15.9 Å². The van der Waals surface area contributed by atoms with E-state index < -0.39 is 67.7 Å². The Morgan fingerprint density at radius 2 is 1.48 bits per heavy atom. The molecule has 1 aliphatic heterocycles. The van der Waals surface area contributed by atoms with Crippen molar-refractivity contribution in [1.29, 1.82) is 0 Å². The van der Waals surface area contributed by atoms with Crippen LogP contribution in [0.4, 0.5) is 27.6 Å². The molecular formula is C21H15F5N4O2S. The Kier molecular flexibility index (Phi) is 5.01. The van der Waals surface area contributed by atoms with Crippen molar-refractivity contribution < 1.29 is 22.0 Å². The Hall–Kier alpha value is -3.25. The number of hydrogen-bond donors (Lipinski definition) is 1. The van der Waals surface area contributed by atoms with E-state index in [0.29, 0.717) is 41.3 Å². The van der Waals surface area contributed by atoms with Gasteiger partial charge in [-0.2, -0.15) is 0 Å². The van der Waals surface area contributed by atoms with Crippen LogP contribution >= 0.6 is 11.5 Å². The summed E-state index contributed by atoms with van der Waals surface area (Å²) in [6.07, 6.45) is 0. The first-order valence-corrected chi connectivity index (χ1v) is 10.7. The standard InChI is InChI=1S/C21H15F5N4O2S/c1-28-2-4-29(5-3-28)18-13(25)8-10-16(15(18)26)30(17-11(23)6-9(22)7-12(17)24)21-14(19(10)31)20(32)27-33-21/h6-8H,2-5H2,1H3,(H,27,32). The average Bonchev–Trinajstić information content (AvgIpc) is 3.13. The Morgan fingerprint density at radius 3 is 2.12 bits per heavy atom. The largest absolute Gasteiger partial charge is 0.364 e. The van der Waals surface area contributed by atoms with Gasteiger partial charge in [0.15, 0.2) is 17.5 Å². The van der Waals surface area contributed by atoms with E-state index in [0.717, 1.165) is 6.07 Å². The van der Waals surface area contributed by atoms with Crippen LogP contribution in [0.25, 0.3) is 26.8 Å². The maximum absolute atomic E-state index is 16.0. The van der Waals surface area contributed by atoms with Crippen LogP contribution in [-0.2, 0) is 0 Å². The van der Waals surface area contributed by atoms with Gasteiger partial charge in [0, 0.05) is 38.3 Å². The summed E-state index contributed by atoms with van der Waals surface area (Å²) in [5, 5.41) is -1.08. The third kappa shape index (κ3) is 3.23. The van der Waals surface area contributed by atoms with E-state index in [1.54, 1.807) is 0 Å². The molecule has 0 bridgehead atoms. The van der Waals surface area contributed by atoms with Crippen molar-refractivity contribution in [2.24, 2.45) is 0 Å². The summed E-state index contributed by atoms with van der Waals surface area (Å²) < 4.78 is 77.2. The lowest BCUT2D eigenvalue weighted by molar-refractivity contribution is 0.310. The number of piperazine rings is 1. The minimum absolute atomic E-state index is 0.277. The number of fused-ring (bicyclic) bond motifs is 2. The maximum Gasteiger partial charge on any atom is 0.271 e. The predicted octanol–water partition coefficient (Wildman–Crippen LogP) is 3.34. The van der Waals surface area contributed by atoms with Crippen molar-refractivity contribution >= 4 is 38.3 Å². The molecule has 2 aromatic carbocycles. The van der Waals surface area contributed by atoms with Crippen LogP contribution in [0.2, 0.25) is 0 Å². The first-order valence-electron chi connectivity index (χ1n) is 9.85. The molecule has 2 aromatic heterocycles. The number of aromatic amines is 1. The third-order valence-corrected chi connectivity index (χ3v) is 6.64. The second kappa shape index (κ2) is 7.66. The summed E-state index contributed by atoms with van der Waals surface area (Å²) >= 11 is 0.558. The molecule has 33 heavy (non-hydrogen) atoms. The highest BCUT2D eigenvalue weighted by atomic mass is 32.1. The number of halogens is 5. The number of H-pyrrole nitrogens is 1. The summed E-state index contributed by atoms with van der Waals surface area (Å²) in [6, 6.07) is 1.56. The number of hydrogen-bond acceptors (Lipinski definition) is 5. The van der Waals surface area contributed by atoms with Crippen molar-refractivity contribution in [2.75, 3.05) is 38.1 Å². The van der Waals surface area contributed by atoms with Gasteiger partial charge in [-0.15, -0.1) is 0 Å². The molecule has 0 radical (unpaired) electrons. The summed E-state index contributed by atoms with van der Waals surface area (Å²) in [7, 11) is 1.85. The Bertz CT molecular complexity index is 1530. The summed E-state index contributed by atoms with van der Waals surface area (Å²) in [5.41, 5.74) is -3.81. The SMILES string of the molecule is CN1CCN(c2c(F)cc3c(=O)c4c(=O)[nH]sc4n(-c4c(F)cc(F)cc4F)c3c2F)CC1. The highest BCUT2D eigenvalue weighted by Crippen LogP contribution is 2.35. The van der Waals surface area contributed by atoms with Crippen LogP contribution in [0.15, 0.2) is 27.8 Å². The Balaban J connectivity index is 1.96. The molecular weight excluding hydrogens is 467 g/mol. The number of likely N-dealkylation sites (N-methyl/N-ethyl adjacent to an activating group) is 1. The number of nitrogens with one attached hydrogen (secondary N) is 1. The van der Waals surface area contributed by atoms with Gasteiger partial charge in [0.2, 0.25) is 5.43 Å². The van der Waals surface area contributed by atoms with Gasteiger partial charge >= 0.3 is 0 Å². The van der Waals surface area contributed by atoms with Gasteiger partial charge in [0.1, 0.15) is 33.2 Å². The second-order valence-corrected chi connectivity index (χ2v) is 8.60. The molecule has 0 atom stereocenters. The van der Waals surface area contributed by atoms with Crippen LogP contribution in [0.1, 0.15) is 0 Å². The maximum atomic E-state index is 16.0. The highest BCUT2D eigenvalue weighted by molar-refractivity contribution is 7.12. The van der Waals surface area contributed by atoms with Gasteiger partial charge in [-0.1, -0.05) is 0 Å². The summed E-state index contributed by atoms with van der Waals surface area (Å²) in [5.74, 6) is -6.23. The number of rotatable bonds is 2. The molecule has 12 heteroatoms. The molecule has 0 unspecified atom stereocenters. The predicted molar refractivity (Wildman–Crippen MR) is 115 cm³/mol. The molecule has 0 aliphatic carbocycles. The normalized spacial score (nSPS) is 15.2. The molecule has 1 N–H and O–H groups in total. The molecule has 5 rings (SSSR count). The van der Waals surface area contributed by atoms with E-state index in [4.69, 9.17) is 0 Å². The van der Waals surface area contributed by atoms with Crippen molar-refractivity contribution in [2.45, 2.75) is 0 Å². The lowest BCUT2D eigenvalue weighted by Crippen LogP contribution is -2.45. The second-order valence-electron chi connectivity index (χ2n) is 7.80. The molecule has 4 aromatic rings. The fraction of sp³-hybridized carbons (Fsp3) is 0.238. The quantitative estimate of drug-likeness (QED) is 0.446. The van der Waals surface area contributed by atoms with Gasteiger partial charge in [0.05, 0.1) is 10.9 Å². The van der Waals surface area contributed by atoms with Crippen molar-refractivity contribution in [3.63, 3.8) is 0 Å². The van der Waals surface area contributed by atoms with Crippen LogP contribution in [0, 0.1) is 29.1 Å².